The number of rotatable bonds is 2. The van der Waals surface area contributed by atoms with Crippen LogP contribution in [0.4, 0.5) is 17.1 Å². The van der Waals surface area contributed by atoms with E-state index in [1.165, 1.54) is 0 Å². The van der Waals surface area contributed by atoms with Crippen LogP contribution in [0.25, 0.3) is 11.0 Å². The molecule has 0 saturated carbocycles. The molecule has 0 aliphatic carbocycles. The number of aromatic nitrogens is 2. The van der Waals surface area contributed by atoms with E-state index in [0.29, 0.717) is 0 Å². The molecular weight excluding hydrogens is 224 g/mol. The SMILES string of the molecule is Cc1cccc(N)c1Nc1ccc2nc[nH]c2c1. The molecule has 4 N–H and O–H groups in total. The third-order valence-electron chi connectivity index (χ3n) is 2.99. The lowest BCUT2D eigenvalue weighted by Gasteiger charge is -2.12. The quantitative estimate of drug-likeness (QED) is 0.600. The molecule has 0 unspecified atom stereocenters. The van der Waals surface area contributed by atoms with Crippen LogP contribution in [-0.4, -0.2) is 9.97 Å². The summed E-state index contributed by atoms with van der Waals surface area (Å²) in [6, 6.07) is 11.9. The maximum Gasteiger partial charge on any atom is 0.0931 e. The second kappa shape index (κ2) is 4.07. The van der Waals surface area contributed by atoms with E-state index in [-0.39, 0.29) is 0 Å². The van der Waals surface area contributed by atoms with E-state index < -0.39 is 0 Å². The lowest BCUT2D eigenvalue weighted by atomic mass is 10.1. The zero-order valence-electron chi connectivity index (χ0n) is 10.1. The number of H-pyrrole nitrogens is 1. The Morgan fingerprint density at radius 2 is 2.11 bits per heavy atom. The molecule has 4 heteroatoms. The first-order valence-corrected chi connectivity index (χ1v) is 5.79. The summed E-state index contributed by atoms with van der Waals surface area (Å²) in [5, 5.41) is 3.35. The lowest BCUT2D eigenvalue weighted by molar-refractivity contribution is 1.34. The van der Waals surface area contributed by atoms with Crippen molar-refractivity contribution in [3.05, 3.63) is 48.3 Å². The Bertz CT molecular complexity index is 680. The predicted octanol–water partition coefficient (Wildman–Crippen LogP) is 3.20. The van der Waals surface area contributed by atoms with Gasteiger partial charge in [-0.05, 0) is 36.8 Å². The number of nitrogen functional groups attached to an aromatic ring is 1. The van der Waals surface area contributed by atoms with Crippen molar-refractivity contribution in [2.45, 2.75) is 6.92 Å². The fourth-order valence-electron chi connectivity index (χ4n) is 2.02. The maximum absolute atomic E-state index is 5.98. The molecule has 0 amide bonds. The van der Waals surface area contributed by atoms with Gasteiger partial charge in [-0.3, -0.25) is 0 Å². The first-order valence-electron chi connectivity index (χ1n) is 5.79. The minimum absolute atomic E-state index is 0.750. The number of anilines is 3. The Hall–Kier alpha value is -2.49. The number of nitrogens with two attached hydrogens (primary N) is 1. The number of nitrogens with one attached hydrogen (secondary N) is 2. The summed E-state index contributed by atoms with van der Waals surface area (Å²) in [6.45, 7) is 2.04. The summed E-state index contributed by atoms with van der Waals surface area (Å²) >= 11 is 0. The summed E-state index contributed by atoms with van der Waals surface area (Å²) < 4.78 is 0. The highest BCUT2D eigenvalue weighted by molar-refractivity contribution is 5.82. The van der Waals surface area contributed by atoms with Gasteiger partial charge in [0.25, 0.3) is 0 Å². The van der Waals surface area contributed by atoms with Crippen LogP contribution >= 0.6 is 0 Å². The number of hydrogen-bond donors (Lipinski definition) is 3. The average Bonchev–Trinajstić information content (AvgIpc) is 2.81. The highest BCUT2D eigenvalue weighted by Crippen LogP contribution is 2.27. The molecule has 0 aliphatic heterocycles. The standard InChI is InChI=1S/C14H14N4/c1-9-3-2-4-11(15)14(9)18-10-5-6-12-13(7-10)17-8-16-12/h2-8,18H,15H2,1H3,(H,16,17). The van der Waals surface area contributed by atoms with Crippen LogP contribution < -0.4 is 11.1 Å². The average molecular weight is 238 g/mol. The first kappa shape index (κ1) is 10.7. The zero-order valence-corrected chi connectivity index (χ0v) is 10.1. The van der Waals surface area contributed by atoms with E-state index in [1.807, 2.05) is 43.3 Å². The number of fused-ring (bicyclic) bond motifs is 1. The fourth-order valence-corrected chi connectivity index (χ4v) is 2.02. The van der Waals surface area contributed by atoms with Gasteiger partial charge in [0.15, 0.2) is 0 Å². The van der Waals surface area contributed by atoms with Crippen molar-refractivity contribution in [3.63, 3.8) is 0 Å². The highest BCUT2D eigenvalue weighted by Gasteiger charge is 2.04. The van der Waals surface area contributed by atoms with Crippen LogP contribution in [-0.2, 0) is 0 Å². The lowest BCUT2D eigenvalue weighted by Crippen LogP contribution is -1.98. The largest absolute Gasteiger partial charge is 0.397 e. The molecule has 0 spiro atoms. The van der Waals surface area contributed by atoms with Gasteiger partial charge in [-0.1, -0.05) is 12.1 Å². The number of aromatic amines is 1. The van der Waals surface area contributed by atoms with Crippen molar-refractivity contribution in [2.24, 2.45) is 0 Å². The van der Waals surface area contributed by atoms with Gasteiger partial charge in [0.05, 0.1) is 28.7 Å². The van der Waals surface area contributed by atoms with Gasteiger partial charge in [0.2, 0.25) is 0 Å². The Balaban J connectivity index is 2.00. The minimum Gasteiger partial charge on any atom is -0.397 e. The summed E-state index contributed by atoms with van der Waals surface area (Å²) in [6.07, 6.45) is 1.69. The Labute approximate surface area is 105 Å². The van der Waals surface area contributed by atoms with Crippen LogP contribution in [0.2, 0.25) is 0 Å². The van der Waals surface area contributed by atoms with Crippen molar-refractivity contribution in [2.75, 3.05) is 11.1 Å². The van der Waals surface area contributed by atoms with E-state index in [2.05, 4.69) is 15.3 Å². The van der Waals surface area contributed by atoms with Crippen molar-refractivity contribution < 1.29 is 0 Å². The molecule has 4 nitrogen and oxygen atoms in total. The van der Waals surface area contributed by atoms with Gasteiger partial charge in [-0.15, -0.1) is 0 Å². The van der Waals surface area contributed by atoms with Gasteiger partial charge in [-0.2, -0.15) is 0 Å². The van der Waals surface area contributed by atoms with Crippen molar-refractivity contribution in [1.29, 1.82) is 0 Å². The molecule has 0 atom stereocenters. The molecule has 90 valence electrons. The summed E-state index contributed by atoms with van der Waals surface area (Å²) in [7, 11) is 0. The van der Waals surface area contributed by atoms with E-state index in [4.69, 9.17) is 5.73 Å². The van der Waals surface area contributed by atoms with Gasteiger partial charge >= 0.3 is 0 Å². The number of para-hydroxylation sites is 1. The summed E-state index contributed by atoms with van der Waals surface area (Å²) in [5.74, 6) is 0. The molecule has 0 bridgehead atoms. The Morgan fingerprint density at radius 3 is 2.94 bits per heavy atom. The van der Waals surface area contributed by atoms with E-state index >= 15 is 0 Å². The number of hydrogen-bond acceptors (Lipinski definition) is 3. The predicted molar refractivity (Wildman–Crippen MR) is 75.0 cm³/mol. The van der Waals surface area contributed by atoms with Gasteiger partial charge in [0.1, 0.15) is 0 Å². The monoisotopic (exact) mass is 238 g/mol. The third-order valence-corrected chi connectivity index (χ3v) is 2.99. The molecule has 3 aromatic rings. The molecule has 1 heterocycles. The Kier molecular flexibility index (Phi) is 2.41. The summed E-state index contributed by atoms with van der Waals surface area (Å²) in [4.78, 5) is 7.29. The molecule has 18 heavy (non-hydrogen) atoms. The molecular formula is C14H14N4. The van der Waals surface area contributed by atoms with Crippen LogP contribution in [0.1, 0.15) is 5.56 Å². The van der Waals surface area contributed by atoms with Crippen molar-refractivity contribution in [1.82, 2.24) is 9.97 Å². The van der Waals surface area contributed by atoms with E-state index in [9.17, 15) is 0 Å². The molecule has 0 saturated heterocycles. The van der Waals surface area contributed by atoms with Crippen LogP contribution in [0.5, 0.6) is 0 Å². The normalized spacial score (nSPS) is 10.7. The Morgan fingerprint density at radius 1 is 1.22 bits per heavy atom. The molecule has 2 aromatic carbocycles. The van der Waals surface area contributed by atoms with Crippen LogP contribution in [0, 0.1) is 6.92 Å². The first-order chi connectivity index (χ1) is 8.74. The number of aryl methyl sites for hydroxylation is 1. The molecule has 0 radical (unpaired) electrons. The minimum atomic E-state index is 0.750. The van der Waals surface area contributed by atoms with E-state index in [0.717, 1.165) is 33.7 Å². The molecule has 3 rings (SSSR count). The van der Waals surface area contributed by atoms with Gasteiger partial charge in [-0.25, -0.2) is 4.98 Å². The van der Waals surface area contributed by atoms with Crippen molar-refractivity contribution >= 4 is 28.1 Å². The second-order valence-corrected chi connectivity index (χ2v) is 4.30. The molecule has 0 fully saturated rings. The van der Waals surface area contributed by atoms with Crippen molar-refractivity contribution in [3.8, 4) is 0 Å². The third kappa shape index (κ3) is 1.78. The molecule has 0 aliphatic rings. The zero-order chi connectivity index (χ0) is 12.5. The second-order valence-electron chi connectivity index (χ2n) is 4.30. The van der Waals surface area contributed by atoms with Crippen LogP contribution in [0.3, 0.4) is 0 Å². The highest BCUT2D eigenvalue weighted by atomic mass is 14.9. The fraction of sp³-hybridized carbons (Fsp3) is 0.0714. The van der Waals surface area contributed by atoms with E-state index in [1.54, 1.807) is 6.33 Å². The van der Waals surface area contributed by atoms with Crippen LogP contribution in [0.15, 0.2) is 42.7 Å². The smallest absolute Gasteiger partial charge is 0.0931 e. The maximum atomic E-state index is 5.98. The number of nitrogens with zero attached hydrogens (tertiary/aromatic N) is 1. The summed E-state index contributed by atoms with van der Waals surface area (Å²) in [5.41, 5.74) is 11.8. The molecule has 1 aromatic heterocycles. The number of imidazole rings is 1. The van der Waals surface area contributed by atoms with Gasteiger partial charge < -0.3 is 16.0 Å². The van der Waals surface area contributed by atoms with Gasteiger partial charge in [0, 0.05) is 5.69 Å². The topological polar surface area (TPSA) is 66.7 Å². The number of benzene rings is 2.